The second-order valence-electron chi connectivity index (χ2n) is 5.20. The Hall–Kier alpha value is -0.830. The van der Waals surface area contributed by atoms with E-state index in [0.717, 1.165) is 19.5 Å². The molecule has 0 aromatic rings. The van der Waals surface area contributed by atoms with Crippen molar-refractivity contribution in [2.75, 3.05) is 13.1 Å². The van der Waals surface area contributed by atoms with Crippen LogP contribution >= 0.6 is 0 Å². The van der Waals surface area contributed by atoms with Gasteiger partial charge in [0.15, 0.2) is 0 Å². The van der Waals surface area contributed by atoms with E-state index in [9.17, 15) is 4.79 Å². The van der Waals surface area contributed by atoms with Crippen molar-refractivity contribution < 1.29 is 9.90 Å². The van der Waals surface area contributed by atoms with E-state index >= 15 is 0 Å². The molecule has 0 amide bonds. The van der Waals surface area contributed by atoms with Gasteiger partial charge in [0.25, 0.3) is 0 Å². The fraction of sp³-hybridized carbons (Fsp3) is 0.727. The topological polar surface area (TPSA) is 40.5 Å². The quantitative estimate of drug-likeness (QED) is 0.676. The second kappa shape index (κ2) is 3.09. The highest BCUT2D eigenvalue weighted by Gasteiger charge is 2.39. The van der Waals surface area contributed by atoms with Crippen molar-refractivity contribution >= 4 is 5.97 Å². The summed E-state index contributed by atoms with van der Waals surface area (Å²) in [6.45, 7) is 6.68. The molecule has 2 unspecified atom stereocenters. The Bertz CT molecular complexity index is 275. The van der Waals surface area contributed by atoms with Crippen molar-refractivity contribution in [1.82, 2.24) is 4.90 Å². The lowest BCUT2D eigenvalue weighted by Crippen LogP contribution is -2.56. The third kappa shape index (κ3) is 1.69. The lowest BCUT2D eigenvalue weighted by atomic mass is 9.83. The largest absolute Gasteiger partial charge is 0.481 e. The molecule has 0 aromatic heterocycles. The monoisotopic (exact) mass is 195 g/mol. The Morgan fingerprint density at radius 3 is 2.50 bits per heavy atom. The van der Waals surface area contributed by atoms with Crippen LogP contribution in [0.2, 0.25) is 0 Å². The third-order valence-electron chi connectivity index (χ3n) is 3.11. The molecule has 0 bridgehead atoms. The van der Waals surface area contributed by atoms with E-state index in [1.165, 1.54) is 0 Å². The van der Waals surface area contributed by atoms with Crippen LogP contribution in [-0.4, -0.2) is 35.1 Å². The molecule has 78 valence electrons. The molecule has 1 aliphatic carbocycles. The summed E-state index contributed by atoms with van der Waals surface area (Å²) in [5.41, 5.74) is 0.426. The number of likely N-dealkylation sites (tertiary alicyclic amines) is 1. The van der Waals surface area contributed by atoms with Gasteiger partial charge in [-0.1, -0.05) is 26.0 Å². The first-order valence-corrected chi connectivity index (χ1v) is 5.13. The highest BCUT2D eigenvalue weighted by molar-refractivity contribution is 5.73. The Labute approximate surface area is 84.4 Å². The number of carbonyl (C=O) groups is 1. The van der Waals surface area contributed by atoms with Crippen LogP contribution in [0.4, 0.5) is 0 Å². The van der Waals surface area contributed by atoms with Crippen molar-refractivity contribution in [3.8, 4) is 0 Å². The van der Waals surface area contributed by atoms with Crippen LogP contribution in [0.3, 0.4) is 0 Å². The lowest BCUT2D eigenvalue weighted by molar-refractivity contribution is -0.140. The van der Waals surface area contributed by atoms with Gasteiger partial charge in [-0.2, -0.15) is 0 Å². The van der Waals surface area contributed by atoms with Crippen LogP contribution in [-0.2, 0) is 4.79 Å². The van der Waals surface area contributed by atoms with Crippen LogP contribution in [0.15, 0.2) is 12.2 Å². The number of carboxylic acid groups (broad SMARTS) is 1. The van der Waals surface area contributed by atoms with Gasteiger partial charge in [-0.3, -0.25) is 9.69 Å². The normalized spacial score (nSPS) is 35.6. The maximum atomic E-state index is 10.7. The minimum atomic E-state index is -0.691. The summed E-state index contributed by atoms with van der Waals surface area (Å²) in [4.78, 5) is 13.1. The molecule has 0 saturated carbocycles. The van der Waals surface area contributed by atoms with Crippen LogP contribution in [0.1, 0.15) is 20.3 Å². The van der Waals surface area contributed by atoms with Crippen molar-refractivity contribution in [1.29, 1.82) is 0 Å². The van der Waals surface area contributed by atoms with Crippen LogP contribution < -0.4 is 0 Å². The summed E-state index contributed by atoms with van der Waals surface area (Å²) in [5, 5.41) is 8.84. The summed E-state index contributed by atoms with van der Waals surface area (Å²) in [7, 11) is 0. The molecule has 3 nitrogen and oxygen atoms in total. The van der Waals surface area contributed by atoms with Gasteiger partial charge >= 0.3 is 5.97 Å². The van der Waals surface area contributed by atoms with Crippen molar-refractivity contribution in [3.05, 3.63) is 12.2 Å². The first-order chi connectivity index (χ1) is 6.48. The molecule has 0 aromatic carbocycles. The standard InChI is InChI=1S/C11H17NO2/c1-11(2)6-12(7-11)9-4-3-8(5-9)10(13)14/h3-4,8-9H,5-7H2,1-2H3,(H,13,14). The van der Waals surface area contributed by atoms with Crippen LogP contribution in [0.5, 0.6) is 0 Å². The summed E-state index contributed by atoms with van der Waals surface area (Å²) in [5.74, 6) is -0.952. The lowest BCUT2D eigenvalue weighted by Gasteiger charge is -2.48. The summed E-state index contributed by atoms with van der Waals surface area (Å²) in [6.07, 6.45) is 4.64. The van der Waals surface area contributed by atoms with Gasteiger partial charge < -0.3 is 5.11 Å². The average molecular weight is 195 g/mol. The number of hydrogen-bond acceptors (Lipinski definition) is 2. The van der Waals surface area contributed by atoms with Gasteiger partial charge in [-0.25, -0.2) is 0 Å². The fourth-order valence-corrected chi connectivity index (χ4v) is 2.42. The highest BCUT2D eigenvalue weighted by atomic mass is 16.4. The molecule has 1 saturated heterocycles. The van der Waals surface area contributed by atoms with E-state index in [1.807, 2.05) is 12.2 Å². The fourth-order valence-electron chi connectivity index (χ4n) is 2.42. The molecule has 0 spiro atoms. The van der Waals surface area contributed by atoms with Crippen molar-refractivity contribution in [3.63, 3.8) is 0 Å². The molecule has 1 N–H and O–H groups in total. The van der Waals surface area contributed by atoms with E-state index < -0.39 is 5.97 Å². The first-order valence-electron chi connectivity index (χ1n) is 5.13. The smallest absolute Gasteiger partial charge is 0.310 e. The average Bonchev–Trinajstić information content (AvgIpc) is 2.47. The van der Waals surface area contributed by atoms with Gasteiger partial charge in [0, 0.05) is 19.1 Å². The molecule has 3 heteroatoms. The summed E-state index contributed by atoms with van der Waals surface area (Å²) < 4.78 is 0. The Morgan fingerprint density at radius 1 is 1.43 bits per heavy atom. The van der Waals surface area contributed by atoms with Gasteiger partial charge in [-0.15, -0.1) is 0 Å². The van der Waals surface area contributed by atoms with Crippen LogP contribution in [0.25, 0.3) is 0 Å². The van der Waals surface area contributed by atoms with E-state index in [2.05, 4.69) is 18.7 Å². The number of aliphatic carboxylic acids is 1. The molecule has 2 aliphatic rings. The van der Waals surface area contributed by atoms with Gasteiger partial charge in [-0.05, 0) is 11.8 Å². The maximum Gasteiger partial charge on any atom is 0.310 e. The molecule has 14 heavy (non-hydrogen) atoms. The Kier molecular flexibility index (Phi) is 2.14. The molecular weight excluding hydrogens is 178 g/mol. The number of hydrogen-bond donors (Lipinski definition) is 1. The number of carboxylic acids is 1. The minimum Gasteiger partial charge on any atom is -0.481 e. The van der Waals surface area contributed by atoms with E-state index in [1.54, 1.807) is 0 Å². The first kappa shape index (κ1) is 9.71. The molecule has 2 atom stereocenters. The molecule has 1 heterocycles. The SMILES string of the molecule is CC1(C)CN(C2C=CC(C(=O)O)C2)C1. The third-order valence-corrected chi connectivity index (χ3v) is 3.11. The van der Waals surface area contributed by atoms with Crippen molar-refractivity contribution in [2.45, 2.75) is 26.3 Å². The van der Waals surface area contributed by atoms with Crippen LogP contribution in [0, 0.1) is 11.3 Å². The van der Waals surface area contributed by atoms with Gasteiger partial charge in [0.2, 0.25) is 0 Å². The number of rotatable bonds is 2. The van der Waals surface area contributed by atoms with Gasteiger partial charge in [0.05, 0.1) is 5.92 Å². The maximum absolute atomic E-state index is 10.7. The predicted octanol–water partition coefficient (Wildman–Crippen LogP) is 1.36. The highest BCUT2D eigenvalue weighted by Crippen LogP contribution is 2.34. The summed E-state index contributed by atoms with van der Waals surface area (Å²) in [6, 6.07) is 0.365. The zero-order valence-corrected chi connectivity index (χ0v) is 8.73. The molecule has 1 fully saturated rings. The minimum absolute atomic E-state index is 0.260. The molecule has 2 rings (SSSR count). The predicted molar refractivity (Wildman–Crippen MR) is 54.0 cm³/mol. The Balaban J connectivity index is 1.87. The number of nitrogens with zero attached hydrogens (tertiary/aromatic N) is 1. The Morgan fingerprint density at radius 2 is 2.07 bits per heavy atom. The molecule has 1 aliphatic heterocycles. The van der Waals surface area contributed by atoms with E-state index in [-0.39, 0.29) is 5.92 Å². The van der Waals surface area contributed by atoms with Crippen molar-refractivity contribution in [2.24, 2.45) is 11.3 Å². The zero-order valence-electron chi connectivity index (χ0n) is 8.73. The van der Waals surface area contributed by atoms with E-state index in [4.69, 9.17) is 5.11 Å². The zero-order chi connectivity index (χ0) is 10.3. The second-order valence-corrected chi connectivity index (χ2v) is 5.20. The summed E-state index contributed by atoms with van der Waals surface area (Å²) >= 11 is 0. The molecular formula is C11H17NO2. The molecule has 0 radical (unpaired) electrons. The van der Waals surface area contributed by atoms with E-state index in [0.29, 0.717) is 11.5 Å². The van der Waals surface area contributed by atoms with Gasteiger partial charge in [0.1, 0.15) is 0 Å².